The van der Waals surface area contributed by atoms with Gasteiger partial charge in [0.25, 0.3) is 5.91 Å². The van der Waals surface area contributed by atoms with Gasteiger partial charge in [0.1, 0.15) is 13.2 Å². The van der Waals surface area contributed by atoms with E-state index in [0.717, 1.165) is 24.2 Å². The number of nitrogens with zero attached hydrogens (tertiary/aromatic N) is 1. The van der Waals surface area contributed by atoms with E-state index in [1.165, 1.54) is 0 Å². The van der Waals surface area contributed by atoms with Crippen molar-refractivity contribution in [2.24, 2.45) is 0 Å². The first kappa shape index (κ1) is 13.1. The van der Waals surface area contributed by atoms with Crippen LogP contribution in [-0.4, -0.2) is 35.9 Å². The number of carbonyl (C=O) groups is 1. The van der Waals surface area contributed by atoms with E-state index >= 15 is 0 Å². The fraction of sp³-hybridized carbons (Fsp3) is 0.333. The number of amides is 1. The van der Waals surface area contributed by atoms with Crippen LogP contribution in [0.25, 0.3) is 0 Å². The van der Waals surface area contributed by atoms with E-state index in [0.29, 0.717) is 42.6 Å². The third-order valence-corrected chi connectivity index (χ3v) is 3.84. The Morgan fingerprint density at radius 1 is 1.27 bits per heavy atom. The van der Waals surface area contributed by atoms with Crippen molar-refractivity contribution in [3.05, 3.63) is 35.2 Å². The predicted molar refractivity (Wildman–Crippen MR) is 79.4 cm³/mol. The van der Waals surface area contributed by atoms with Gasteiger partial charge in [-0.25, -0.2) is 0 Å². The lowest BCUT2D eigenvalue weighted by atomic mass is 10.1. The maximum absolute atomic E-state index is 12.5. The monoisotopic (exact) mass is 300 g/mol. The van der Waals surface area contributed by atoms with Gasteiger partial charge >= 0.3 is 0 Å². The zero-order chi connectivity index (χ0) is 14.9. The van der Waals surface area contributed by atoms with Crippen molar-refractivity contribution in [1.29, 1.82) is 0 Å². The van der Waals surface area contributed by atoms with Crippen molar-refractivity contribution in [2.45, 2.75) is 13.0 Å². The normalized spacial score (nSPS) is 16.0. The molecule has 0 bridgehead atoms. The van der Waals surface area contributed by atoms with Crippen molar-refractivity contribution in [3.8, 4) is 11.5 Å². The van der Waals surface area contributed by atoms with Gasteiger partial charge in [-0.1, -0.05) is 6.07 Å². The molecule has 0 fully saturated rings. The fourth-order valence-electron chi connectivity index (χ4n) is 2.77. The van der Waals surface area contributed by atoms with Crippen molar-refractivity contribution in [2.75, 3.05) is 25.1 Å². The van der Waals surface area contributed by atoms with Crippen LogP contribution in [0.4, 0.5) is 5.69 Å². The molecule has 0 unspecified atom stereocenters. The zero-order valence-electron chi connectivity index (χ0n) is 11.9. The van der Waals surface area contributed by atoms with Gasteiger partial charge in [-0.2, -0.15) is 5.10 Å². The maximum Gasteiger partial charge on any atom is 0.276 e. The van der Waals surface area contributed by atoms with Gasteiger partial charge < -0.3 is 20.1 Å². The van der Waals surface area contributed by atoms with E-state index in [-0.39, 0.29) is 5.91 Å². The SMILES string of the molecule is O=C(Nc1cccc2c1OCCO2)c1n[nH]c2c1CNCC2. The largest absolute Gasteiger partial charge is 0.486 e. The van der Waals surface area contributed by atoms with Crippen LogP contribution in [0.15, 0.2) is 18.2 Å². The topological polar surface area (TPSA) is 88.3 Å². The molecule has 0 atom stereocenters. The fourth-order valence-corrected chi connectivity index (χ4v) is 2.77. The molecule has 1 aromatic heterocycles. The number of nitrogens with one attached hydrogen (secondary N) is 3. The smallest absolute Gasteiger partial charge is 0.276 e. The molecule has 2 aliphatic heterocycles. The Labute approximate surface area is 127 Å². The predicted octanol–water partition coefficient (Wildman–Crippen LogP) is 1.08. The second-order valence-electron chi connectivity index (χ2n) is 5.24. The van der Waals surface area contributed by atoms with Crippen LogP contribution in [0.3, 0.4) is 0 Å². The molecule has 3 N–H and O–H groups in total. The summed E-state index contributed by atoms with van der Waals surface area (Å²) < 4.78 is 11.1. The van der Waals surface area contributed by atoms with E-state index in [2.05, 4.69) is 20.8 Å². The number of H-pyrrole nitrogens is 1. The van der Waals surface area contributed by atoms with Crippen LogP contribution in [-0.2, 0) is 13.0 Å². The summed E-state index contributed by atoms with van der Waals surface area (Å²) in [6.07, 6.45) is 0.854. The highest BCUT2D eigenvalue weighted by molar-refractivity contribution is 6.05. The zero-order valence-corrected chi connectivity index (χ0v) is 11.9. The molecule has 0 saturated carbocycles. The average molecular weight is 300 g/mol. The molecule has 7 nitrogen and oxygen atoms in total. The minimum Gasteiger partial charge on any atom is -0.486 e. The Morgan fingerprint density at radius 3 is 3.14 bits per heavy atom. The molecule has 0 saturated heterocycles. The molecule has 3 heterocycles. The molecule has 1 amide bonds. The van der Waals surface area contributed by atoms with Crippen LogP contribution in [0.1, 0.15) is 21.7 Å². The summed E-state index contributed by atoms with van der Waals surface area (Å²) >= 11 is 0. The third-order valence-electron chi connectivity index (χ3n) is 3.84. The highest BCUT2D eigenvalue weighted by atomic mass is 16.6. The van der Waals surface area contributed by atoms with Crippen LogP contribution in [0.2, 0.25) is 0 Å². The number of ether oxygens (including phenoxy) is 2. The summed E-state index contributed by atoms with van der Waals surface area (Å²) in [5.41, 5.74) is 2.99. The first-order valence-electron chi connectivity index (χ1n) is 7.30. The number of para-hydroxylation sites is 1. The van der Waals surface area contributed by atoms with E-state index < -0.39 is 0 Å². The summed E-state index contributed by atoms with van der Waals surface area (Å²) in [5.74, 6) is 0.975. The molecule has 7 heteroatoms. The molecule has 0 spiro atoms. The Morgan fingerprint density at radius 2 is 2.18 bits per heavy atom. The standard InChI is InChI=1S/C15H16N4O3/c20-15(13-9-8-16-5-4-10(9)18-19-13)17-11-2-1-3-12-14(11)22-7-6-21-12/h1-3,16H,4-8H2,(H,17,20)(H,18,19). The highest BCUT2D eigenvalue weighted by Crippen LogP contribution is 2.37. The van der Waals surface area contributed by atoms with Gasteiger partial charge in [-0.15, -0.1) is 0 Å². The lowest BCUT2D eigenvalue weighted by Gasteiger charge is -2.21. The van der Waals surface area contributed by atoms with E-state index in [1.54, 1.807) is 6.07 Å². The van der Waals surface area contributed by atoms with Gasteiger partial charge in [0.2, 0.25) is 0 Å². The van der Waals surface area contributed by atoms with Gasteiger partial charge in [0, 0.05) is 30.8 Å². The summed E-state index contributed by atoms with van der Waals surface area (Å²) in [5, 5.41) is 13.2. The second-order valence-corrected chi connectivity index (χ2v) is 5.24. The molecule has 2 aromatic rings. The molecule has 1 aromatic carbocycles. The molecule has 4 rings (SSSR count). The quantitative estimate of drug-likeness (QED) is 0.772. The minimum absolute atomic E-state index is 0.247. The van der Waals surface area contributed by atoms with Crippen molar-refractivity contribution >= 4 is 11.6 Å². The van der Waals surface area contributed by atoms with E-state index in [9.17, 15) is 4.79 Å². The number of benzene rings is 1. The first-order chi connectivity index (χ1) is 10.8. The number of hydrogen-bond donors (Lipinski definition) is 3. The van der Waals surface area contributed by atoms with Crippen LogP contribution >= 0.6 is 0 Å². The van der Waals surface area contributed by atoms with E-state index in [1.807, 2.05) is 12.1 Å². The van der Waals surface area contributed by atoms with Crippen molar-refractivity contribution < 1.29 is 14.3 Å². The van der Waals surface area contributed by atoms with Crippen molar-refractivity contribution in [1.82, 2.24) is 15.5 Å². The number of carbonyl (C=O) groups excluding carboxylic acids is 1. The van der Waals surface area contributed by atoms with Gasteiger partial charge in [-0.3, -0.25) is 9.89 Å². The number of rotatable bonds is 2. The molecular weight excluding hydrogens is 284 g/mol. The number of anilines is 1. The van der Waals surface area contributed by atoms with Crippen LogP contribution in [0, 0.1) is 0 Å². The minimum atomic E-state index is -0.247. The Bertz CT molecular complexity index is 726. The molecule has 2 aliphatic rings. The van der Waals surface area contributed by atoms with E-state index in [4.69, 9.17) is 9.47 Å². The summed E-state index contributed by atoms with van der Waals surface area (Å²) in [6.45, 7) is 2.54. The maximum atomic E-state index is 12.5. The molecule has 22 heavy (non-hydrogen) atoms. The number of aromatic nitrogens is 2. The first-order valence-corrected chi connectivity index (χ1v) is 7.30. The average Bonchev–Trinajstić information content (AvgIpc) is 2.99. The van der Waals surface area contributed by atoms with Crippen molar-refractivity contribution in [3.63, 3.8) is 0 Å². The highest BCUT2D eigenvalue weighted by Gasteiger charge is 2.23. The molecular formula is C15H16N4O3. The second kappa shape index (κ2) is 5.34. The Kier molecular flexibility index (Phi) is 3.19. The van der Waals surface area contributed by atoms with Crippen LogP contribution < -0.4 is 20.1 Å². The Balaban J connectivity index is 1.61. The van der Waals surface area contributed by atoms with Gasteiger partial charge in [-0.05, 0) is 12.1 Å². The molecule has 114 valence electrons. The third kappa shape index (κ3) is 2.19. The number of fused-ring (bicyclic) bond motifs is 2. The summed E-state index contributed by atoms with van der Waals surface area (Å²) in [6, 6.07) is 5.44. The van der Waals surface area contributed by atoms with Gasteiger partial charge in [0.15, 0.2) is 17.2 Å². The molecule has 0 radical (unpaired) electrons. The number of aromatic amines is 1. The van der Waals surface area contributed by atoms with Crippen LogP contribution in [0.5, 0.6) is 11.5 Å². The molecule has 0 aliphatic carbocycles. The Hall–Kier alpha value is -2.54. The summed E-state index contributed by atoms with van der Waals surface area (Å²) in [4.78, 5) is 12.5. The summed E-state index contributed by atoms with van der Waals surface area (Å²) in [7, 11) is 0. The van der Waals surface area contributed by atoms with Gasteiger partial charge in [0.05, 0.1) is 5.69 Å². The number of hydrogen-bond acceptors (Lipinski definition) is 5. The lowest BCUT2D eigenvalue weighted by molar-refractivity contribution is 0.102. The lowest BCUT2D eigenvalue weighted by Crippen LogP contribution is -2.25.